The molecular formula is C12H11ClFN3O. The molecule has 0 amide bonds. The Hall–Kier alpha value is -1.85. The molecule has 3 N–H and O–H groups in total. The van der Waals surface area contributed by atoms with Crippen molar-refractivity contribution in [2.75, 3.05) is 5.43 Å². The molecule has 94 valence electrons. The van der Waals surface area contributed by atoms with Crippen LogP contribution < -0.4 is 16.0 Å². The Bertz CT molecular complexity index is 533. The van der Waals surface area contributed by atoms with E-state index in [0.717, 1.165) is 5.56 Å². The highest BCUT2D eigenvalue weighted by Gasteiger charge is 2.03. The van der Waals surface area contributed by atoms with Crippen molar-refractivity contribution in [2.24, 2.45) is 5.84 Å². The van der Waals surface area contributed by atoms with Crippen molar-refractivity contribution in [1.82, 2.24) is 4.98 Å². The number of ether oxygens (including phenoxy) is 1. The maximum absolute atomic E-state index is 12.8. The molecule has 2 aromatic rings. The van der Waals surface area contributed by atoms with Crippen molar-refractivity contribution in [3.05, 3.63) is 52.9 Å². The molecule has 18 heavy (non-hydrogen) atoms. The Morgan fingerprint density at radius 2 is 2.17 bits per heavy atom. The number of hydrazine groups is 1. The van der Waals surface area contributed by atoms with Crippen LogP contribution in [0.3, 0.4) is 0 Å². The molecule has 0 aliphatic carbocycles. The fourth-order valence-electron chi connectivity index (χ4n) is 1.35. The zero-order valence-corrected chi connectivity index (χ0v) is 10.1. The number of nitrogens with zero attached hydrogens (tertiary/aromatic N) is 1. The van der Waals surface area contributed by atoms with Crippen LogP contribution in [-0.2, 0) is 6.61 Å². The SMILES string of the molecule is NNc1ccc(COc2ccc(F)cc2Cl)cn1. The van der Waals surface area contributed by atoms with Gasteiger partial charge >= 0.3 is 0 Å². The highest BCUT2D eigenvalue weighted by atomic mass is 35.5. The van der Waals surface area contributed by atoms with E-state index in [1.54, 1.807) is 12.3 Å². The third-order valence-electron chi connectivity index (χ3n) is 2.26. The first-order valence-electron chi connectivity index (χ1n) is 5.18. The summed E-state index contributed by atoms with van der Waals surface area (Å²) in [5, 5.41) is 0.239. The van der Waals surface area contributed by atoms with Gasteiger partial charge in [-0.1, -0.05) is 17.7 Å². The second kappa shape index (κ2) is 5.66. The Balaban J connectivity index is 2.02. The molecule has 0 unspecified atom stereocenters. The smallest absolute Gasteiger partial charge is 0.139 e. The minimum absolute atomic E-state index is 0.239. The van der Waals surface area contributed by atoms with Gasteiger partial charge in [-0.25, -0.2) is 15.2 Å². The molecule has 1 aromatic heterocycles. The lowest BCUT2D eigenvalue weighted by Gasteiger charge is -2.08. The average molecular weight is 268 g/mol. The third kappa shape index (κ3) is 3.09. The van der Waals surface area contributed by atoms with Crippen LogP contribution in [0, 0.1) is 5.82 Å². The first kappa shape index (κ1) is 12.6. The largest absolute Gasteiger partial charge is 0.487 e. The highest BCUT2D eigenvalue weighted by molar-refractivity contribution is 6.32. The van der Waals surface area contributed by atoms with Gasteiger partial charge in [-0.05, 0) is 24.3 Å². The van der Waals surface area contributed by atoms with Gasteiger partial charge in [-0.3, -0.25) is 0 Å². The molecular weight excluding hydrogens is 257 g/mol. The maximum atomic E-state index is 12.8. The van der Waals surface area contributed by atoms with Gasteiger partial charge in [0, 0.05) is 11.8 Å². The standard InChI is InChI=1S/C12H11ClFN3O/c13-10-5-9(14)2-3-11(10)18-7-8-1-4-12(17-15)16-6-8/h1-6H,7,15H2,(H,16,17). The number of halogens is 2. The molecule has 1 heterocycles. The van der Waals surface area contributed by atoms with Crippen LogP contribution in [0.25, 0.3) is 0 Å². The van der Waals surface area contributed by atoms with E-state index in [1.165, 1.54) is 18.2 Å². The van der Waals surface area contributed by atoms with Gasteiger partial charge in [-0.2, -0.15) is 0 Å². The summed E-state index contributed by atoms with van der Waals surface area (Å²) in [6.07, 6.45) is 1.63. The summed E-state index contributed by atoms with van der Waals surface area (Å²) in [4.78, 5) is 4.04. The number of anilines is 1. The molecule has 0 bridgehead atoms. The van der Waals surface area contributed by atoms with Gasteiger partial charge in [0.15, 0.2) is 0 Å². The molecule has 0 saturated carbocycles. The van der Waals surface area contributed by atoms with Gasteiger partial charge in [0.2, 0.25) is 0 Å². The lowest BCUT2D eigenvalue weighted by Crippen LogP contribution is -2.08. The van der Waals surface area contributed by atoms with Crippen molar-refractivity contribution < 1.29 is 9.13 Å². The van der Waals surface area contributed by atoms with E-state index in [1.807, 2.05) is 6.07 Å². The lowest BCUT2D eigenvalue weighted by molar-refractivity contribution is 0.305. The van der Waals surface area contributed by atoms with Crippen molar-refractivity contribution in [2.45, 2.75) is 6.61 Å². The number of aromatic nitrogens is 1. The summed E-state index contributed by atoms with van der Waals surface area (Å²) in [6, 6.07) is 7.53. The van der Waals surface area contributed by atoms with Crippen LogP contribution in [0.2, 0.25) is 5.02 Å². The molecule has 0 aliphatic rings. The number of nitrogens with two attached hydrogens (primary N) is 1. The molecule has 0 spiro atoms. The van der Waals surface area contributed by atoms with Gasteiger partial charge in [0.25, 0.3) is 0 Å². The van der Waals surface area contributed by atoms with Crippen molar-refractivity contribution in [3.63, 3.8) is 0 Å². The zero-order valence-electron chi connectivity index (χ0n) is 9.36. The van der Waals surface area contributed by atoms with Gasteiger partial charge in [-0.15, -0.1) is 0 Å². The van der Waals surface area contributed by atoms with E-state index in [-0.39, 0.29) is 5.02 Å². The number of benzene rings is 1. The summed E-state index contributed by atoms with van der Waals surface area (Å²) in [6.45, 7) is 0.295. The number of nitrogens with one attached hydrogen (secondary N) is 1. The van der Waals surface area contributed by atoms with Crippen LogP contribution >= 0.6 is 11.6 Å². The second-order valence-corrected chi connectivity index (χ2v) is 3.97. The Kier molecular flexibility index (Phi) is 3.96. The maximum Gasteiger partial charge on any atom is 0.139 e. The highest BCUT2D eigenvalue weighted by Crippen LogP contribution is 2.25. The number of hydrogen-bond donors (Lipinski definition) is 2. The Morgan fingerprint density at radius 1 is 1.33 bits per heavy atom. The topological polar surface area (TPSA) is 60.2 Å². The first-order valence-corrected chi connectivity index (χ1v) is 5.56. The predicted molar refractivity (Wildman–Crippen MR) is 67.8 cm³/mol. The average Bonchev–Trinajstić information content (AvgIpc) is 2.38. The van der Waals surface area contributed by atoms with Crippen LogP contribution in [0.4, 0.5) is 10.2 Å². The van der Waals surface area contributed by atoms with E-state index >= 15 is 0 Å². The molecule has 2 rings (SSSR count). The van der Waals surface area contributed by atoms with Crippen LogP contribution in [0.1, 0.15) is 5.56 Å². The minimum atomic E-state index is -0.396. The molecule has 6 heteroatoms. The van der Waals surface area contributed by atoms with Crippen molar-refractivity contribution in [1.29, 1.82) is 0 Å². The van der Waals surface area contributed by atoms with Crippen LogP contribution in [0.15, 0.2) is 36.5 Å². The van der Waals surface area contributed by atoms with Crippen LogP contribution in [0.5, 0.6) is 5.75 Å². The number of rotatable bonds is 4. The van der Waals surface area contributed by atoms with Gasteiger partial charge in [0.1, 0.15) is 24.0 Å². The fraction of sp³-hybridized carbons (Fsp3) is 0.0833. The number of hydrogen-bond acceptors (Lipinski definition) is 4. The van der Waals surface area contributed by atoms with Crippen LogP contribution in [-0.4, -0.2) is 4.98 Å². The fourth-order valence-corrected chi connectivity index (χ4v) is 1.57. The van der Waals surface area contributed by atoms with E-state index in [0.29, 0.717) is 18.2 Å². The Labute approximate surface area is 109 Å². The van der Waals surface area contributed by atoms with E-state index in [9.17, 15) is 4.39 Å². The van der Waals surface area contributed by atoms with E-state index < -0.39 is 5.82 Å². The Morgan fingerprint density at radius 3 is 2.78 bits per heavy atom. The summed E-state index contributed by atoms with van der Waals surface area (Å²) < 4.78 is 18.3. The quantitative estimate of drug-likeness (QED) is 0.661. The van der Waals surface area contributed by atoms with E-state index in [2.05, 4.69) is 10.4 Å². The van der Waals surface area contributed by atoms with Gasteiger partial charge < -0.3 is 10.2 Å². The molecule has 4 nitrogen and oxygen atoms in total. The second-order valence-electron chi connectivity index (χ2n) is 3.56. The molecule has 1 aromatic carbocycles. The summed E-state index contributed by atoms with van der Waals surface area (Å²) in [5.41, 5.74) is 3.28. The molecule has 0 fully saturated rings. The summed E-state index contributed by atoms with van der Waals surface area (Å²) in [5.74, 6) is 5.80. The normalized spacial score (nSPS) is 10.2. The molecule has 0 aliphatic heterocycles. The monoisotopic (exact) mass is 267 g/mol. The van der Waals surface area contributed by atoms with E-state index in [4.69, 9.17) is 22.2 Å². The molecule has 0 atom stereocenters. The van der Waals surface area contributed by atoms with Gasteiger partial charge in [0.05, 0.1) is 5.02 Å². The third-order valence-corrected chi connectivity index (χ3v) is 2.56. The predicted octanol–water partition coefficient (Wildman–Crippen LogP) is 2.74. The van der Waals surface area contributed by atoms with Crippen molar-refractivity contribution in [3.8, 4) is 5.75 Å². The van der Waals surface area contributed by atoms with Crippen molar-refractivity contribution >= 4 is 17.4 Å². The lowest BCUT2D eigenvalue weighted by atomic mass is 10.3. The minimum Gasteiger partial charge on any atom is -0.487 e. The number of nitrogen functional groups attached to an aromatic ring is 1. The first-order chi connectivity index (χ1) is 8.69. The molecule has 0 saturated heterocycles. The molecule has 0 radical (unpaired) electrons. The summed E-state index contributed by atoms with van der Waals surface area (Å²) >= 11 is 5.84. The summed E-state index contributed by atoms with van der Waals surface area (Å²) in [7, 11) is 0. The number of pyridine rings is 1. The zero-order chi connectivity index (χ0) is 13.0.